The molecule has 2 aliphatic rings. The van der Waals surface area contributed by atoms with E-state index in [1.165, 1.54) is 11.6 Å². The van der Waals surface area contributed by atoms with Crippen LogP contribution in [-0.2, 0) is 27.5 Å². The average Bonchev–Trinajstić information content (AvgIpc) is 3.39. The van der Waals surface area contributed by atoms with E-state index in [4.69, 9.17) is 0 Å². The highest BCUT2D eigenvalue weighted by molar-refractivity contribution is 7.91. The molecule has 0 unspecified atom stereocenters. The maximum absolute atomic E-state index is 14.4. The first-order valence-corrected chi connectivity index (χ1v) is 11.8. The van der Waals surface area contributed by atoms with Crippen LogP contribution in [0.5, 0.6) is 0 Å². The molecule has 154 valence electrons. The van der Waals surface area contributed by atoms with Gasteiger partial charge in [0.1, 0.15) is 11.5 Å². The van der Waals surface area contributed by atoms with Gasteiger partial charge in [-0.25, -0.2) is 12.8 Å². The number of nitrogens with zero attached hydrogens (tertiary/aromatic N) is 1. The number of halogens is 1. The third-order valence-electron chi connectivity index (χ3n) is 5.73. The number of aryl methyl sites for hydroxylation is 2. The van der Waals surface area contributed by atoms with Crippen LogP contribution < -0.4 is 10.2 Å². The van der Waals surface area contributed by atoms with Crippen molar-refractivity contribution in [3.63, 3.8) is 0 Å². The summed E-state index contributed by atoms with van der Waals surface area (Å²) in [7, 11) is -3.57. The number of fused-ring (bicyclic) bond motifs is 1. The van der Waals surface area contributed by atoms with Crippen molar-refractivity contribution in [1.82, 2.24) is 0 Å². The molecule has 0 spiro atoms. The predicted octanol–water partition coefficient (Wildman–Crippen LogP) is 3.72. The lowest BCUT2D eigenvalue weighted by Crippen LogP contribution is -2.23. The first-order valence-electron chi connectivity index (χ1n) is 10.1. The first kappa shape index (κ1) is 19.9. The minimum atomic E-state index is -3.57. The Morgan fingerprint density at radius 2 is 1.79 bits per heavy atom. The molecule has 29 heavy (non-hydrogen) atoms. The zero-order chi connectivity index (χ0) is 20.4. The zero-order valence-corrected chi connectivity index (χ0v) is 17.1. The lowest BCUT2D eigenvalue weighted by Gasteiger charge is -2.22. The molecule has 0 saturated carbocycles. The molecule has 1 N–H and O–H groups in total. The molecular formula is C22H25FN2O3S. The van der Waals surface area contributed by atoms with E-state index in [1.54, 1.807) is 24.3 Å². The maximum Gasteiger partial charge on any atom is 0.225 e. The molecule has 1 amide bonds. The lowest BCUT2D eigenvalue weighted by atomic mass is 10.1. The second-order valence-electron chi connectivity index (χ2n) is 7.73. The number of sulfone groups is 1. The summed E-state index contributed by atoms with van der Waals surface area (Å²) in [5.74, 6) is -1.31. The van der Waals surface area contributed by atoms with Crippen LogP contribution in [0.4, 0.5) is 15.8 Å². The summed E-state index contributed by atoms with van der Waals surface area (Å²) in [6.07, 6.45) is 4.77. The van der Waals surface area contributed by atoms with Crippen molar-refractivity contribution in [2.45, 2.75) is 43.4 Å². The largest absolute Gasteiger partial charge is 0.370 e. The highest BCUT2D eigenvalue weighted by Gasteiger charge is 2.22. The topological polar surface area (TPSA) is 66.5 Å². The molecule has 1 aliphatic heterocycles. The summed E-state index contributed by atoms with van der Waals surface area (Å²) >= 11 is 0. The number of amides is 1. The van der Waals surface area contributed by atoms with Gasteiger partial charge in [-0.15, -0.1) is 0 Å². The Hall–Kier alpha value is -2.41. The number of carbonyl (C=O) groups excluding carboxylic acids is 1. The van der Waals surface area contributed by atoms with Gasteiger partial charge < -0.3 is 10.2 Å². The summed E-state index contributed by atoms with van der Waals surface area (Å²) in [4.78, 5) is 14.7. The predicted molar refractivity (Wildman–Crippen MR) is 112 cm³/mol. The highest BCUT2D eigenvalue weighted by Crippen LogP contribution is 2.31. The number of carbonyl (C=O) groups is 1. The minimum Gasteiger partial charge on any atom is -0.370 e. The molecule has 1 saturated heterocycles. The SMILES string of the molecule is O=C(CCS(=O)(=O)c1ccc2c(c1)CCC2)Nc1c(F)cccc1N1CCCC1. The second kappa shape index (κ2) is 8.14. The van der Waals surface area contributed by atoms with Gasteiger partial charge in [0.2, 0.25) is 5.91 Å². The summed E-state index contributed by atoms with van der Waals surface area (Å²) in [6.45, 7) is 1.64. The molecule has 1 heterocycles. The van der Waals surface area contributed by atoms with Crippen LogP contribution >= 0.6 is 0 Å². The van der Waals surface area contributed by atoms with E-state index in [0.717, 1.165) is 50.8 Å². The zero-order valence-electron chi connectivity index (χ0n) is 16.3. The number of hydrogen-bond acceptors (Lipinski definition) is 4. The average molecular weight is 417 g/mol. The molecular weight excluding hydrogens is 391 g/mol. The van der Waals surface area contributed by atoms with Crippen molar-refractivity contribution in [1.29, 1.82) is 0 Å². The van der Waals surface area contributed by atoms with Gasteiger partial charge in [-0.05, 0) is 67.5 Å². The molecule has 0 bridgehead atoms. The molecule has 2 aromatic carbocycles. The quantitative estimate of drug-likeness (QED) is 0.780. The Labute approximate surface area is 170 Å². The molecule has 0 radical (unpaired) electrons. The van der Waals surface area contributed by atoms with Crippen molar-refractivity contribution >= 4 is 27.1 Å². The van der Waals surface area contributed by atoms with Crippen molar-refractivity contribution in [3.05, 3.63) is 53.3 Å². The Kier molecular flexibility index (Phi) is 5.58. The number of benzene rings is 2. The number of anilines is 2. The molecule has 1 fully saturated rings. The summed E-state index contributed by atoms with van der Waals surface area (Å²) in [6, 6.07) is 9.94. The maximum atomic E-state index is 14.4. The first-order chi connectivity index (χ1) is 13.9. The van der Waals surface area contributed by atoms with Crippen LogP contribution in [0.3, 0.4) is 0 Å². The standard InChI is InChI=1S/C22H25FN2O3S/c23-19-7-4-8-20(25-12-1-2-13-25)22(19)24-21(26)11-14-29(27,28)18-10-9-16-5-3-6-17(16)15-18/h4,7-10,15H,1-3,5-6,11-14H2,(H,24,26). The van der Waals surface area contributed by atoms with Crippen molar-refractivity contribution < 1.29 is 17.6 Å². The molecule has 7 heteroatoms. The number of rotatable bonds is 6. The second-order valence-corrected chi connectivity index (χ2v) is 9.84. The number of hydrogen-bond donors (Lipinski definition) is 1. The summed E-state index contributed by atoms with van der Waals surface area (Å²) in [5.41, 5.74) is 3.07. The minimum absolute atomic E-state index is 0.134. The van der Waals surface area contributed by atoms with Crippen LogP contribution in [0, 0.1) is 5.82 Å². The monoisotopic (exact) mass is 416 g/mol. The van der Waals surface area contributed by atoms with E-state index in [-0.39, 0.29) is 22.8 Å². The highest BCUT2D eigenvalue weighted by atomic mass is 32.2. The van der Waals surface area contributed by atoms with Crippen LogP contribution in [-0.4, -0.2) is 33.2 Å². The van der Waals surface area contributed by atoms with Gasteiger partial charge >= 0.3 is 0 Å². The van der Waals surface area contributed by atoms with Crippen molar-refractivity contribution in [2.75, 3.05) is 29.1 Å². The van der Waals surface area contributed by atoms with Gasteiger partial charge in [0.15, 0.2) is 9.84 Å². The lowest BCUT2D eigenvalue weighted by molar-refractivity contribution is -0.115. The summed E-state index contributed by atoms with van der Waals surface area (Å²) in [5, 5.41) is 2.60. The van der Waals surface area contributed by atoms with E-state index >= 15 is 0 Å². The number of para-hydroxylation sites is 1. The third-order valence-corrected chi connectivity index (χ3v) is 7.44. The van der Waals surface area contributed by atoms with Gasteiger partial charge in [0, 0.05) is 19.5 Å². The van der Waals surface area contributed by atoms with Crippen LogP contribution in [0.15, 0.2) is 41.3 Å². The Bertz CT molecular complexity index is 1030. The molecule has 2 aromatic rings. The molecule has 4 rings (SSSR count). The van der Waals surface area contributed by atoms with Crippen LogP contribution in [0.1, 0.15) is 36.8 Å². The fourth-order valence-corrected chi connectivity index (χ4v) is 5.43. The van der Waals surface area contributed by atoms with E-state index in [2.05, 4.69) is 5.32 Å². The third kappa shape index (κ3) is 4.29. The Morgan fingerprint density at radius 3 is 2.59 bits per heavy atom. The Morgan fingerprint density at radius 1 is 1.03 bits per heavy atom. The normalized spacial score (nSPS) is 16.1. The van der Waals surface area contributed by atoms with E-state index in [0.29, 0.717) is 5.69 Å². The van der Waals surface area contributed by atoms with Gasteiger partial charge in [-0.1, -0.05) is 12.1 Å². The Balaban J connectivity index is 1.44. The van der Waals surface area contributed by atoms with Crippen LogP contribution in [0.2, 0.25) is 0 Å². The van der Waals surface area contributed by atoms with E-state index < -0.39 is 21.6 Å². The number of nitrogens with one attached hydrogen (secondary N) is 1. The van der Waals surface area contributed by atoms with E-state index in [9.17, 15) is 17.6 Å². The molecule has 1 aliphatic carbocycles. The van der Waals surface area contributed by atoms with Crippen molar-refractivity contribution in [2.24, 2.45) is 0 Å². The van der Waals surface area contributed by atoms with Crippen LogP contribution in [0.25, 0.3) is 0 Å². The van der Waals surface area contributed by atoms with Gasteiger partial charge in [-0.2, -0.15) is 0 Å². The molecule has 5 nitrogen and oxygen atoms in total. The fraction of sp³-hybridized carbons (Fsp3) is 0.409. The molecule has 0 atom stereocenters. The smallest absolute Gasteiger partial charge is 0.225 e. The summed E-state index contributed by atoms with van der Waals surface area (Å²) < 4.78 is 39.7. The van der Waals surface area contributed by atoms with Gasteiger partial charge in [0.25, 0.3) is 0 Å². The van der Waals surface area contributed by atoms with Gasteiger partial charge in [-0.3, -0.25) is 4.79 Å². The fourth-order valence-electron chi connectivity index (χ4n) is 4.15. The van der Waals surface area contributed by atoms with Gasteiger partial charge in [0.05, 0.1) is 16.3 Å². The van der Waals surface area contributed by atoms with E-state index in [1.807, 2.05) is 11.0 Å². The molecule has 0 aromatic heterocycles. The van der Waals surface area contributed by atoms with Crippen molar-refractivity contribution in [3.8, 4) is 0 Å².